The summed E-state index contributed by atoms with van der Waals surface area (Å²) in [6, 6.07) is 2.06. The van der Waals surface area contributed by atoms with Gasteiger partial charge in [-0.3, -0.25) is 4.68 Å². The molecule has 2 aromatic rings. The predicted molar refractivity (Wildman–Crippen MR) is 75.6 cm³/mol. The Morgan fingerprint density at radius 3 is 3.00 bits per heavy atom. The molecule has 0 bridgehead atoms. The lowest BCUT2D eigenvalue weighted by Crippen LogP contribution is -2.15. The molecule has 2 rings (SSSR count). The van der Waals surface area contributed by atoms with Crippen LogP contribution in [0.5, 0.6) is 0 Å². The van der Waals surface area contributed by atoms with Crippen molar-refractivity contribution in [3.63, 3.8) is 0 Å². The lowest BCUT2D eigenvalue weighted by atomic mass is 10.2. The van der Waals surface area contributed by atoms with E-state index >= 15 is 0 Å². The number of nitrogens with zero attached hydrogens (tertiary/aromatic N) is 2. The Balaban J connectivity index is 1.73. The van der Waals surface area contributed by atoms with Crippen molar-refractivity contribution in [1.82, 2.24) is 15.1 Å². The second kappa shape index (κ2) is 6.00. The van der Waals surface area contributed by atoms with Gasteiger partial charge in [-0.25, -0.2) is 0 Å². The van der Waals surface area contributed by atoms with E-state index in [1.165, 1.54) is 10.4 Å². The summed E-state index contributed by atoms with van der Waals surface area (Å²) in [7, 11) is 1.93. The third kappa shape index (κ3) is 3.81. The van der Waals surface area contributed by atoms with Crippen molar-refractivity contribution in [3.05, 3.63) is 37.7 Å². The van der Waals surface area contributed by atoms with Gasteiger partial charge in [0, 0.05) is 29.1 Å². The average molecular weight is 335 g/mol. The van der Waals surface area contributed by atoms with E-state index in [2.05, 4.69) is 32.4 Å². The minimum Gasteiger partial charge on any atom is -0.312 e. The van der Waals surface area contributed by atoms with Gasteiger partial charge in [-0.15, -0.1) is 11.3 Å². The number of halogens is 2. The van der Waals surface area contributed by atoms with Crippen molar-refractivity contribution in [2.75, 3.05) is 6.54 Å². The molecular weight excluding hydrogens is 322 g/mol. The molecule has 6 heteroatoms. The van der Waals surface area contributed by atoms with Gasteiger partial charge in [0.2, 0.25) is 0 Å². The first-order valence-electron chi connectivity index (χ1n) is 5.27. The quantitative estimate of drug-likeness (QED) is 0.851. The van der Waals surface area contributed by atoms with Crippen molar-refractivity contribution in [3.8, 4) is 0 Å². The second-order valence-corrected chi connectivity index (χ2v) is 6.38. The Morgan fingerprint density at radius 2 is 2.41 bits per heavy atom. The van der Waals surface area contributed by atoms with Crippen LogP contribution in [0.3, 0.4) is 0 Å². The molecule has 0 saturated carbocycles. The molecule has 0 aromatic carbocycles. The predicted octanol–water partition coefficient (Wildman–Crippen LogP) is 3.23. The Hall–Kier alpha value is -0.360. The van der Waals surface area contributed by atoms with Gasteiger partial charge in [-0.2, -0.15) is 5.10 Å². The molecule has 0 atom stereocenters. The molecule has 0 aliphatic carbocycles. The normalized spacial score (nSPS) is 11.0. The van der Waals surface area contributed by atoms with E-state index in [9.17, 15) is 0 Å². The van der Waals surface area contributed by atoms with Crippen LogP contribution in [0.1, 0.15) is 10.4 Å². The van der Waals surface area contributed by atoms with Crippen LogP contribution >= 0.6 is 38.9 Å². The van der Waals surface area contributed by atoms with Crippen LogP contribution in [0.15, 0.2) is 22.9 Å². The summed E-state index contributed by atoms with van der Waals surface area (Å²) in [5.41, 5.74) is 1.25. The smallest absolute Gasteiger partial charge is 0.107 e. The van der Waals surface area contributed by atoms with Crippen molar-refractivity contribution in [2.24, 2.45) is 7.05 Å². The summed E-state index contributed by atoms with van der Waals surface area (Å²) < 4.78 is 3.62. The Kier molecular flexibility index (Phi) is 4.62. The molecule has 2 heterocycles. The first-order valence-corrected chi connectivity index (χ1v) is 7.26. The molecule has 0 aliphatic rings. The molecule has 3 nitrogen and oxygen atoms in total. The van der Waals surface area contributed by atoms with Gasteiger partial charge < -0.3 is 5.32 Å². The van der Waals surface area contributed by atoms with E-state index in [1.807, 2.05) is 24.1 Å². The van der Waals surface area contributed by atoms with Crippen LogP contribution < -0.4 is 5.32 Å². The van der Waals surface area contributed by atoms with Gasteiger partial charge in [0.1, 0.15) is 4.34 Å². The zero-order chi connectivity index (χ0) is 12.3. The lowest BCUT2D eigenvalue weighted by molar-refractivity contribution is 0.692. The third-order valence-electron chi connectivity index (χ3n) is 2.34. The molecule has 1 N–H and O–H groups in total. The monoisotopic (exact) mass is 333 g/mol. The largest absolute Gasteiger partial charge is 0.312 e. The lowest BCUT2D eigenvalue weighted by Gasteiger charge is -2.00. The number of thiophene rings is 1. The maximum Gasteiger partial charge on any atom is 0.107 e. The molecule has 0 radical (unpaired) electrons. The van der Waals surface area contributed by atoms with Crippen LogP contribution in [-0.4, -0.2) is 16.3 Å². The van der Waals surface area contributed by atoms with Gasteiger partial charge >= 0.3 is 0 Å². The fourth-order valence-electron chi connectivity index (χ4n) is 1.52. The molecule has 92 valence electrons. The summed E-state index contributed by atoms with van der Waals surface area (Å²) in [5.74, 6) is 0. The fourth-order valence-corrected chi connectivity index (χ4v) is 3.28. The number of rotatable bonds is 5. The number of aryl methyl sites for hydroxylation is 1. The molecular formula is C11H13BrClN3S. The van der Waals surface area contributed by atoms with E-state index in [0.717, 1.165) is 28.3 Å². The number of aromatic nitrogens is 2. The fraction of sp³-hybridized carbons (Fsp3) is 0.364. The van der Waals surface area contributed by atoms with Crippen LogP contribution in [0, 0.1) is 0 Å². The summed E-state index contributed by atoms with van der Waals surface area (Å²) in [5, 5.41) is 7.53. The van der Waals surface area contributed by atoms with E-state index in [1.54, 1.807) is 11.3 Å². The number of nitrogens with one attached hydrogen (secondary N) is 1. The van der Waals surface area contributed by atoms with Gasteiger partial charge in [-0.05, 0) is 40.5 Å². The average Bonchev–Trinajstić information content (AvgIpc) is 2.82. The highest BCUT2D eigenvalue weighted by atomic mass is 79.9. The topological polar surface area (TPSA) is 29.9 Å². The molecule has 0 unspecified atom stereocenters. The highest BCUT2D eigenvalue weighted by Gasteiger charge is 2.03. The molecule has 0 amide bonds. The number of hydrogen-bond acceptors (Lipinski definition) is 3. The van der Waals surface area contributed by atoms with Gasteiger partial charge in [-0.1, -0.05) is 11.6 Å². The highest BCUT2D eigenvalue weighted by molar-refractivity contribution is 9.10. The Labute approximate surface area is 118 Å². The van der Waals surface area contributed by atoms with Crippen LogP contribution in [0.4, 0.5) is 0 Å². The van der Waals surface area contributed by atoms with E-state index < -0.39 is 0 Å². The van der Waals surface area contributed by atoms with Crippen molar-refractivity contribution < 1.29 is 0 Å². The first kappa shape index (κ1) is 13.1. The van der Waals surface area contributed by atoms with Crippen LogP contribution in [0.2, 0.25) is 4.34 Å². The van der Waals surface area contributed by atoms with Crippen molar-refractivity contribution >= 4 is 38.9 Å². The summed E-state index contributed by atoms with van der Waals surface area (Å²) in [4.78, 5) is 1.24. The maximum atomic E-state index is 5.97. The van der Waals surface area contributed by atoms with Crippen LogP contribution in [-0.2, 0) is 20.0 Å². The van der Waals surface area contributed by atoms with Crippen molar-refractivity contribution in [2.45, 2.75) is 13.0 Å². The van der Waals surface area contributed by atoms with E-state index in [0.29, 0.717) is 0 Å². The molecule has 2 aromatic heterocycles. The van der Waals surface area contributed by atoms with Gasteiger partial charge in [0.15, 0.2) is 0 Å². The van der Waals surface area contributed by atoms with E-state index in [-0.39, 0.29) is 0 Å². The number of hydrogen-bond donors (Lipinski definition) is 1. The molecule has 0 spiro atoms. The third-order valence-corrected chi connectivity index (χ3v) is 4.82. The van der Waals surface area contributed by atoms with Crippen molar-refractivity contribution in [1.29, 1.82) is 0 Å². The van der Waals surface area contributed by atoms with E-state index in [4.69, 9.17) is 11.6 Å². The molecule has 0 saturated heterocycles. The highest BCUT2D eigenvalue weighted by Crippen LogP contribution is 2.31. The molecule has 17 heavy (non-hydrogen) atoms. The minimum atomic E-state index is 0.814. The first-order chi connectivity index (χ1) is 8.15. The summed E-state index contributed by atoms with van der Waals surface area (Å²) >= 11 is 11.0. The summed E-state index contributed by atoms with van der Waals surface area (Å²) in [6.45, 7) is 1.80. The Morgan fingerprint density at radius 1 is 1.59 bits per heavy atom. The van der Waals surface area contributed by atoms with Crippen LogP contribution in [0.25, 0.3) is 0 Å². The van der Waals surface area contributed by atoms with Gasteiger partial charge in [0.05, 0.1) is 6.20 Å². The summed E-state index contributed by atoms with van der Waals surface area (Å²) in [6.07, 6.45) is 4.94. The Bertz CT molecular complexity index is 475. The second-order valence-electron chi connectivity index (χ2n) is 3.78. The standard InChI is InChI=1S/C11H13BrClN3S/c1-16-7-8(5-15-16)2-3-14-6-9-4-10(12)11(13)17-9/h4-5,7,14H,2-3,6H2,1H3. The maximum absolute atomic E-state index is 5.97. The zero-order valence-corrected chi connectivity index (χ0v) is 12.6. The SMILES string of the molecule is Cn1cc(CCNCc2cc(Br)c(Cl)s2)cn1. The minimum absolute atomic E-state index is 0.814. The molecule has 0 aliphatic heterocycles. The zero-order valence-electron chi connectivity index (χ0n) is 9.41. The van der Waals surface area contributed by atoms with Gasteiger partial charge in [0.25, 0.3) is 0 Å². The molecule has 0 fully saturated rings.